The lowest BCUT2D eigenvalue weighted by atomic mass is 10.1. The number of amides is 1. The highest BCUT2D eigenvalue weighted by molar-refractivity contribution is 5.77. The van der Waals surface area contributed by atoms with Crippen LogP contribution in [0.15, 0.2) is 66.7 Å². The Morgan fingerprint density at radius 3 is 2.58 bits per heavy atom. The number of fused-ring (bicyclic) bond motifs is 1. The predicted octanol–water partition coefficient (Wildman–Crippen LogP) is 6.20. The van der Waals surface area contributed by atoms with E-state index < -0.39 is 0 Å². The minimum absolute atomic E-state index is 0.0215. The number of ether oxygens (including phenoxy) is 2. The Morgan fingerprint density at radius 2 is 1.76 bits per heavy atom. The van der Waals surface area contributed by atoms with Gasteiger partial charge in [-0.25, -0.2) is 4.98 Å². The van der Waals surface area contributed by atoms with Gasteiger partial charge in [-0.15, -0.1) is 0 Å². The molecule has 0 aliphatic rings. The monoisotopic (exact) mass is 513 g/mol. The summed E-state index contributed by atoms with van der Waals surface area (Å²) in [6, 6.07) is 22.6. The topological polar surface area (TPSA) is 65.4 Å². The van der Waals surface area contributed by atoms with Crippen molar-refractivity contribution >= 4 is 16.9 Å². The van der Waals surface area contributed by atoms with Gasteiger partial charge in [0.25, 0.3) is 5.91 Å². The normalized spacial score (nSPS) is 11.0. The number of nitrogens with one attached hydrogen (secondary N) is 1. The maximum absolute atomic E-state index is 12.3. The molecule has 0 aliphatic carbocycles. The molecule has 38 heavy (non-hydrogen) atoms. The van der Waals surface area contributed by atoms with Crippen molar-refractivity contribution in [1.29, 1.82) is 0 Å². The Labute approximate surface area is 226 Å². The summed E-state index contributed by atoms with van der Waals surface area (Å²) in [4.78, 5) is 17.2. The van der Waals surface area contributed by atoms with Gasteiger partial charge in [0, 0.05) is 19.5 Å². The molecule has 4 rings (SSSR count). The van der Waals surface area contributed by atoms with Crippen molar-refractivity contribution < 1.29 is 14.3 Å². The zero-order valence-electron chi connectivity index (χ0n) is 22.8. The smallest absolute Gasteiger partial charge is 0.257 e. The fourth-order valence-corrected chi connectivity index (χ4v) is 4.48. The number of aryl methyl sites for hydroxylation is 5. The highest BCUT2D eigenvalue weighted by Gasteiger charge is 2.11. The van der Waals surface area contributed by atoms with Crippen LogP contribution in [-0.4, -0.2) is 35.2 Å². The zero-order chi connectivity index (χ0) is 26.7. The molecule has 200 valence electrons. The van der Waals surface area contributed by atoms with Gasteiger partial charge in [-0.1, -0.05) is 43.3 Å². The predicted molar refractivity (Wildman–Crippen MR) is 153 cm³/mol. The Morgan fingerprint density at radius 1 is 0.947 bits per heavy atom. The standard InChI is InChI=1S/C32H39N3O3/c1-4-26-15-17-27(18-16-26)37-21-8-7-20-35-29-11-6-5-10-28(29)34-31(35)12-9-19-33-32(36)23-38-30-22-24(2)13-14-25(30)3/h5-6,10-11,13-18,22H,4,7-9,12,19-21,23H2,1-3H3,(H,33,36). The lowest BCUT2D eigenvalue weighted by Crippen LogP contribution is -2.30. The number of para-hydroxylation sites is 2. The molecule has 0 saturated heterocycles. The summed E-state index contributed by atoms with van der Waals surface area (Å²) in [7, 11) is 0. The minimum atomic E-state index is -0.108. The fourth-order valence-electron chi connectivity index (χ4n) is 4.48. The summed E-state index contributed by atoms with van der Waals surface area (Å²) < 4.78 is 14.0. The second-order valence-corrected chi connectivity index (χ2v) is 9.73. The van der Waals surface area contributed by atoms with Gasteiger partial charge in [0.2, 0.25) is 0 Å². The number of aromatic nitrogens is 2. The van der Waals surface area contributed by atoms with Crippen LogP contribution in [0.4, 0.5) is 0 Å². The number of carbonyl (C=O) groups is 1. The zero-order valence-corrected chi connectivity index (χ0v) is 22.8. The van der Waals surface area contributed by atoms with Crippen molar-refractivity contribution in [2.45, 2.75) is 59.4 Å². The van der Waals surface area contributed by atoms with Crippen LogP contribution < -0.4 is 14.8 Å². The van der Waals surface area contributed by atoms with Crippen LogP contribution in [0.5, 0.6) is 11.5 Å². The summed E-state index contributed by atoms with van der Waals surface area (Å²) in [6.07, 6.45) is 4.63. The van der Waals surface area contributed by atoms with Crippen LogP contribution in [0.25, 0.3) is 11.0 Å². The molecule has 1 heterocycles. The molecule has 6 nitrogen and oxygen atoms in total. The van der Waals surface area contributed by atoms with E-state index in [1.54, 1.807) is 0 Å². The Hall–Kier alpha value is -3.80. The third kappa shape index (κ3) is 7.60. The van der Waals surface area contributed by atoms with Crippen LogP contribution >= 0.6 is 0 Å². The van der Waals surface area contributed by atoms with Crippen molar-refractivity contribution in [3.63, 3.8) is 0 Å². The van der Waals surface area contributed by atoms with E-state index in [0.29, 0.717) is 13.2 Å². The quantitative estimate of drug-likeness (QED) is 0.204. The van der Waals surface area contributed by atoms with Crippen molar-refractivity contribution in [3.8, 4) is 11.5 Å². The number of rotatable bonds is 14. The Bertz CT molecular complexity index is 1330. The van der Waals surface area contributed by atoms with Crippen LogP contribution in [0.2, 0.25) is 0 Å². The number of hydrogen-bond donors (Lipinski definition) is 1. The second kappa shape index (κ2) is 13.7. The summed E-state index contributed by atoms with van der Waals surface area (Å²) in [5.74, 6) is 2.64. The second-order valence-electron chi connectivity index (χ2n) is 9.73. The third-order valence-electron chi connectivity index (χ3n) is 6.71. The van der Waals surface area contributed by atoms with Gasteiger partial charge in [-0.05, 0) is 86.6 Å². The number of carbonyl (C=O) groups excluding carboxylic acids is 1. The van der Waals surface area contributed by atoms with Crippen LogP contribution in [-0.2, 0) is 24.2 Å². The van der Waals surface area contributed by atoms with E-state index in [9.17, 15) is 4.79 Å². The van der Waals surface area contributed by atoms with Gasteiger partial charge in [-0.2, -0.15) is 0 Å². The first-order chi connectivity index (χ1) is 18.5. The maximum Gasteiger partial charge on any atom is 0.257 e. The molecule has 0 unspecified atom stereocenters. The number of unbranched alkanes of at least 4 members (excludes halogenated alkanes) is 1. The van der Waals surface area contributed by atoms with E-state index in [-0.39, 0.29) is 12.5 Å². The average Bonchev–Trinajstić information content (AvgIpc) is 3.29. The fraction of sp³-hybridized carbons (Fsp3) is 0.375. The molecular weight excluding hydrogens is 474 g/mol. The first-order valence-corrected chi connectivity index (χ1v) is 13.7. The van der Waals surface area contributed by atoms with Gasteiger partial charge < -0.3 is 19.4 Å². The summed E-state index contributed by atoms with van der Waals surface area (Å²) >= 11 is 0. The number of imidazole rings is 1. The molecule has 4 aromatic rings. The van der Waals surface area contributed by atoms with Crippen LogP contribution in [0, 0.1) is 13.8 Å². The molecule has 6 heteroatoms. The molecule has 0 fully saturated rings. The van der Waals surface area contributed by atoms with E-state index in [2.05, 4.69) is 59.3 Å². The number of benzene rings is 3. The first kappa shape index (κ1) is 27.2. The van der Waals surface area contributed by atoms with Gasteiger partial charge >= 0.3 is 0 Å². The van der Waals surface area contributed by atoms with Crippen molar-refractivity contribution in [1.82, 2.24) is 14.9 Å². The average molecular weight is 514 g/mol. The SMILES string of the molecule is CCc1ccc(OCCCCn2c(CCCNC(=O)COc3cc(C)ccc3C)nc3ccccc32)cc1. The van der Waals surface area contributed by atoms with E-state index in [4.69, 9.17) is 14.5 Å². The highest BCUT2D eigenvalue weighted by Crippen LogP contribution is 2.20. The van der Waals surface area contributed by atoms with Crippen LogP contribution in [0.3, 0.4) is 0 Å². The molecule has 0 bridgehead atoms. The van der Waals surface area contributed by atoms with E-state index >= 15 is 0 Å². The first-order valence-electron chi connectivity index (χ1n) is 13.7. The van der Waals surface area contributed by atoms with Crippen molar-refractivity contribution in [3.05, 3.63) is 89.2 Å². The van der Waals surface area contributed by atoms with E-state index in [0.717, 1.165) is 78.1 Å². The molecular formula is C32H39N3O3. The number of nitrogens with zero attached hydrogens (tertiary/aromatic N) is 2. The largest absolute Gasteiger partial charge is 0.494 e. The molecule has 3 aromatic carbocycles. The molecule has 1 aromatic heterocycles. The van der Waals surface area contributed by atoms with Gasteiger partial charge in [0.05, 0.1) is 17.6 Å². The van der Waals surface area contributed by atoms with Gasteiger partial charge in [-0.3, -0.25) is 4.79 Å². The van der Waals surface area contributed by atoms with Gasteiger partial charge in [0.15, 0.2) is 6.61 Å². The lowest BCUT2D eigenvalue weighted by Gasteiger charge is -2.11. The summed E-state index contributed by atoms with van der Waals surface area (Å²) in [6.45, 7) is 8.35. The maximum atomic E-state index is 12.3. The summed E-state index contributed by atoms with van der Waals surface area (Å²) in [5.41, 5.74) is 5.63. The highest BCUT2D eigenvalue weighted by atomic mass is 16.5. The molecule has 0 spiro atoms. The Balaban J connectivity index is 1.23. The third-order valence-corrected chi connectivity index (χ3v) is 6.71. The Kier molecular flexibility index (Phi) is 9.79. The van der Waals surface area contributed by atoms with Crippen LogP contribution in [0.1, 0.15) is 48.7 Å². The van der Waals surface area contributed by atoms with Gasteiger partial charge in [0.1, 0.15) is 17.3 Å². The molecule has 0 atom stereocenters. The summed E-state index contributed by atoms with van der Waals surface area (Å²) in [5, 5.41) is 2.98. The lowest BCUT2D eigenvalue weighted by molar-refractivity contribution is -0.123. The van der Waals surface area contributed by atoms with Crippen molar-refractivity contribution in [2.75, 3.05) is 19.8 Å². The molecule has 1 N–H and O–H groups in total. The molecule has 0 saturated carbocycles. The molecule has 0 aliphatic heterocycles. The minimum Gasteiger partial charge on any atom is -0.494 e. The number of hydrogen-bond acceptors (Lipinski definition) is 4. The molecule has 1 amide bonds. The van der Waals surface area contributed by atoms with Crippen molar-refractivity contribution in [2.24, 2.45) is 0 Å². The molecule has 0 radical (unpaired) electrons. The van der Waals surface area contributed by atoms with E-state index in [1.807, 2.05) is 38.1 Å². The van der Waals surface area contributed by atoms with E-state index in [1.165, 1.54) is 5.56 Å².